The Balaban J connectivity index is 2.10. The van der Waals surface area contributed by atoms with Crippen LogP contribution in [0, 0.1) is 0 Å². The van der Waals surface area contributed by atoms with Gasteiger partial charge in [-0.2, -0.15) is 0 Å². The van der Waals surface area contributed by atoms with Gasteiger partial charge in [0.15, 0.2) is 18.0 Å². The lowest BCUT2D eigenvalue weighted by molar-refractivity contribution is -0.319. The molecule has 0 amide bonds. The summed E-state index contributed by atoms with van der Waals surface area (Å²) in [5, 5.41) is 0. The zero-order valence-corrected chi connectivity index (χ0v) is 14.4. The van der Waals surface area contributed by atoms with Crippen molar-refractivity contribution >= 4 is 22.1 Å². The molecule has 2 heterocycles. The third-order valence-electron chi connectivity index (χ3n) is 2.92. The van der Waals surface area contributed by atoms with Gasteiger partial charge in [0.25, 0.3) is 0 Å². The van der Waals surface area contributed by atoms with Crippen molar-refractivity contribution in [3.05, 3.63) is 10.7 Å². The highest BCUT2D eigenvalue weighted by atomic mass is 79.9. The first kappa shape index (κ1) is 16.6. The summed E-state index contributed by atoms with van der Waals surface area (Å²) in [5.74, 6) is -0.759. The van der Waals surface area contributed by atoms with Crippen LogP contribution in [-0.4, -0.2) is 42.5 Å². The lowest BCUT2D eigenvalue weighted by atomic mass is 10.0. The maximum absolute atomic E-state index is 11.9. The number of carbonyl (C=O) groups excluding carboxylic acids is 1. The van der Waals surface area contributed by atoms with Crippen LogP contribution in [-0.2, 0) is 23.7 Å². The van der Waals surface area contributed by atoms with Gasteiger partial charge in [0, 0.05) is 0 Å². The molecule has 0 unspecified atom stereocenters. The predicted molar refractivity (Wildman–Crippen MR) is 77.9 cm³/mol. The van der Waals surface area contributed by atoms with Gasteiger partial charge in [-0.05, 0) is 50.5 Å². The van der Waals surface area contributed by atoms with Gasteiger partial charge in [-0.15, -0.1) is 0 Å². The second kappa shape index (κ2) is 5.78. The Kier molecular flexibility index (Phi) is 4.56. The van der Waals surface area contributed by atoms with E-state index in [1.165, 1.54) is 6.26 Å². The first-order valence-electron chi connectivity index (χ1n) is 6.80. The van der Waals surface area contributed by atoms with Crippen molar-refractivity contribution in [3.8, 4) is 0 Å². The Morgan fingerprint density at radius 1 is 1.43 bits per heavy atom. The van der Waals surface area contributed by atoms with Gasteiger partial charge in [0.2, 0.25) is 0 Å². The van der Waals surface area contributed by atoms with E-state index in [-0.39, 0.29) is 6.10 Å². The average molecular weight is 365 g/mol. The van der Waals surface area contributed by atoms with Gasteiger partial charge in [0.1, 0.15) is 11.7 Å². The van der Waals surface area contributed by atoms with Crippen LogP contribution in [0.1, 0.15) is 34.6 Å². The van der Waals surface area contributed by atoms with Crippen LogP contribution >= 0.6 is 15.9 Å². The molecule has 0 aliphatic carbocycles. The lowest BCUT2D eigenvalue weighted by Crippen LogP contribution is -2.56. The molecule has 2 aliphatic rings. The van der Waals surface area contributed by atoms with Crippen LogP contribution in [0.25, 0.3) is 0 Å². The molecule has 0 spiro atoms. The third-order valence-corrected chi connectivity index (χ3v) is 3.56. The number of halogens is 1. The summed E-state index contributed by atoms with van der Waals surface area (Å²) in [6.45, 7) is 9.31. The molecule has 3 atom stereocenters. The highest BCUT2D eigenvalue weighted by Gasteiger charge is 2.47. The normalized spacial score (nSPS) is 31.5. The van der Waals surface area contributed by atoms with Crippen LogP contribution in [0.4, 0.5) is 4.79 Å². The van der Waals surface area contributed by atoms with Crippen LogP contribution in [0.5, 0.6) is 0 Å². The van der Waals surface area contributed by atoms with E-state index >= 15 is 0 Å². The second-order valence-corrected chi connectivity index (χ2v) is 7.39. The minimum atomic E-state index is -0.759. The molecular weight excluding hydrogens is 344 g/mol. The molecule has 0 aromatic carbocycles. The van der Waals surface area contributed by atoms with Crippen molar-refractivity contribution in [1.29, 1.82) is 0 Å². The quantitative estimate of drug-likeness (QED) is 0.666. The van der Waals surface area contributed by atoms with Crippen molar-refractivity contribution < 1.29 is 28.5 Å². The molecule has 0 bridgehead atoms. The fourth-order valence-corrected chi connectivity index (χ4v) is 2.53. The fourth-order valence-electron chi connectivity index (χ4n) is 2.07. The van der Waals surface area contributed by atoms with Crippen molar-refractivity contribution in [2.24, 2.45) is 0 Å². The summed E-state index contributed by atoms with van der Waals surface area (Å²) in [7, 11) is 0. The molecular formula is C14H21BrO6. The Morgan fingerprint density at radius 3 is 2.71 bits per heavy atom. The number of hydrogen-bond donors (Lipinski definition) is 0. The molecule has 7 heteroatoms. The monoisotopic (exact) mass is 364 g/mol. The summed E-state index contributed by atoms with van der Waals surface area (Å²) < 4.78 is 28.1. The Morgan fingerprint density at radius 2 is 2.10 bits per heavy atom. The largest absolute Gasteiger partial charge is 0.509 e. The highest BCUT2D eigenvalue weighted by molar-refractivity contribution is 9.11. The minimum absolute atomic E-state index is 0.327. The second-order valence-electron chi connectivity index (χ2n) is 6.47. The van der Waals surface area contributed by atoms with Crippen molar-refractivity contribution in [2.45, 2.75) is 64.3 Å². The number of ether oxygens (including phenoxy) is 5. The molecule has 6 nitrogen and oxygen atoms in total. The number of rotatable bonds is 1. The van der Waals surface area contributed by atoms with Crippen LogP contribution in [0.15, 0.2) is 10.7 Å². The average Bonchev–Trinajstić information content (AvgIpc) is 2.30. The lowest BCUT2D eigenvalue weighted by Gasteiger charge is -2.44. The summed E-state index contributed by atoms with van der Waals surface area (Å²) in [6, 6.07) is 0. The maximum atomic E-state index is 11.9. The van der Waals surface area contributed by atoms with E-state index in [2.05, 4.69) is 15.9 Å². The van der Waals surface area contributed by atoms with E-state index in [0.717, 1.165) is 0 Å². The number of carbonyl (C=O) groups is 1. The van der Waals surface area contributed by atoms with Gasteiger partial charge in [0.05, 0.1) is 17.4 Å². The van der Waals surface area contributed by atoms with E-state index in [4.69, 9.17) is 23.7 Å². The van der Waals surface area contributed by atoms with Crippen molar-refractivity contribution in [1.82, 2.24) is 0 Å². The van der Waals surface area contributed by atoms with Crippen LogP contribution in [0.2, 0.25) is 0 Å². The SMILES string of the molecule is CC(C)(C)OC(=O)O[C@@H]1C(Br)=CO[C@@H]2COC(C)(C)O[C@@H]12. The highest BCUT2D eigenvalue weighted by Crippen LogP contribution is 2.35. The predicted octanol–water partition coefficient (Wildman–Crippen LogP) is 3.09. The molecule has 21 heavy (non-hydrogen) atoms. The smallest absolute Gasteiger partial charge is 0.492 e. The molecule has 2 aliphatic heterocycles. The van der Waals surface area contributed by atoms with Gasteiger partial charge in [-0.25, -0.2) is 4.79 Å². The molecule has 0 radical (unpaired) electrons. The minimum Gasteiger partial charge on any atom is -0.492 e. The molecule has 2 rings (SSSR count). The summed E-state index contributed by atoms with van der Waals surface area (Å²) in [5.41, 5.74) is -0.617. The zero-order chi connectivity index (χ0) is 15.8. The molecule has 0 saturated carbocycles. The molecule has 120 valence electrons. The Labute approximate surface area is 132 Å². The van der Waals surface area contributed by atoms with E-state index < -0.39 is 29.8 Å². The summed E-state index contributed by atoms with van der Waals surface area (Å²) >= 11 is 3.34. The molecule has 0 N–H and O–H groups in total. The van der Waals surface area contributed by atoms with Crippen molar-refractivity contribution in [2.75, 3.05) is 6.61 Å². The van der Waals surface area contributed by atoms with Gasteiger partial charge in [-0.1, -0.05) is 0 Å². The maximum Gasteiger partial charge on any atom is 0.509 e. The van der Waals surface area contributed by atoms with Gasteiger partial charge < -0.3 is 23.7 Å². The Hall–Kier alpha value is -0.790. The van der Waals surface area contributed by atoms with E-state index in [1.54, 1.807) is 34.6 Å². The van der Waals surface area contributed by atoms with Crippen molar-refractivity contribution in [3.63, 3.8) is 0 Å². The van der Waals surface area contributed by atoms with Crippen LogP contribution < -0.4 is 0 Å². The number of fused-ring (bicyclic) bond motifs is 1. The third kappa shape index (κ3) is 4.34. The molecule has 1 fully saturated rings. The fraction of sp³-hybridized carbons (Fsp3) is 0.786. The zero-order valence-electron chi connectivity index (χ0n) is 12.8. The molecule has 0 aromatic rings. The summed E-state index contributed by atoms with van der Waals surface area (Å²) in [6.07, 6.45) is -0.651. The molecule has 0 aromatic heterocycles. The first-order chi connectivity index (χ1) is 9.57. The topological polar surface area (TPSA) is 63.2 Å². The van der Waals surface area contributed by atoms with Crippen LogP contribution in [0.3, 0.4) is 0 Å². The first-order valence-corrected chi connectivity index (χ1v) is 7.59. The molecule has 1 saturated heterocycles. The summed E-state index contributed by atoms with van der Waals surface area (Å²) in [4.78, 5) is 11.9. The number of hydrogen-bond acceptors (Lipinski definition) is 6. The van der Waals surface area contributed by atoms with E-state index in [9.17, 15) is 4.79 Å². The van der Waals surface area contributed by atoms with E-state index in [0.29, 0.717) is 11.1 Å². The standard InChI is InChI=1S/C14H21BrO6/c1-13(2,3)21-12(16)19-10-8(15)6-17-9-7-18-14(4,5)20-11(9)10/h6,9-11H,7H2,1-5H3/t9-,10-,11-/m1/s1. The van der Waals surface area contributed by atoms with E-state index in [1.807, 2.05) is 0 Å². The van der Waals surface area contributed by atoms with Gasteiger partial charge >= 0.3 is 6.16 Å². The Bertz CT molecular complexity index is 439. The van der Waals surface area contributed by atoms with Gasteiger partial charge in [-0.3, -0.25) is 0 Å².